The quantitative estimate of drug-likeness (QED) is 0.741. The van der Waals surface area contributed by atoms with Crippen LogP contribution in [0.3, 0.4) is 0 Å². The van der Waals surface area contributed by atoms with E-state index in [1.807, 2.05) is 18.2 Å². The van der Waals surface area contributed by atoms with Gasteiger partial charge in [0.1, 0.15) is 0 Å². The van der Waals surface area contributed by atoms with Gasteiger partial charge in [-0.05, 0) is 66.6 Å². The van der Waals surface area contributed by atoms with Crippen molar-refractivity contribution < 1.29 is 13.2 Å². The number of hydrogen-bond acceptors (Lipinski definition) is 3. The lowest BCUT2D eigenvalue weighted by Gasteiger charge is -2.16. The molecule has 27 heavy (non-hydrogen) atoms. The smallest absolute Gasteiger partial charge is 0.240 e. The van der Waals surface area contributed by atoms with Crippen LogP contribution >= 0.6 is 11.6 Å². The number of sulfonamides is 1. The molecule has 7 heteroatoms. The number of carbonyl (C=O) groups is 1. The van der Waals surface area contributed by atoms with Crippen molar-refractivity contribution in [2.75, 3.05) is 6.54 Å². The molecule has 1 amide bonds. The van der Waals surface area contributed by atoms with Crippen molar-refractivity contribution in [1.82, 2.24) is 10.0 Å². The third kappa shape index (κ3) is 5.54. The van der Waals surface area contributed by atoms with E-state index in [4.69, 9.17) is 11.6 Å². The van der Waals surface area contributed by atoms with Crippen molar-refractivity contribution in [1.29, 1.82) is 0 Å². The first-order valence-electron chi connectivity index (χ1n) is 9.07. The number of benzene rings is 2. The maximum atomic E-state index is 12.5. The Kier molecular flexibility index (Phi) is 6.52. The van der Waals surface area contributed by atoms with Gasteiger partial charge < -0.3 is 5.32 Å². The Bertz CT molecular complexity index is 929. The molecule has 0 heterocycles. The van der Waals surface area contributed by atoms with Crippen LogP contribution < -0.4 is 10.0 Å². The molecule has 0 bridgehead atoms. The Hall–Kier alpha value is -1.89. The molecule has 2 aromatic carbocycles. The summed E-state index contributed by atoms with van der Waals surface area (Å²) in [7, 11) is -3.61. The molecule has 1 aliphatic rings. The summed E-state index contributed by atoms with van der Waals surface area (Å²) >= 11 is 5.91. The largest absolute Gasteiger partial charge is 0.352 e. The lowest BCUT2D eigenvalue weighted by molar-refractivity contribution is -0.121. The van der Waals surface area contributed by atoms with Gasteiger partial charge in [-0.15, -0.1) is 0 Å². The fourth-order valence-corrected chi connectivity index (χ4v) is 4.49. The lowest BCUT2D eigenvalue weighted by atomic mass is 9.92. The van der Waals surface area contributed by atoms with Crippen molar-refractivity contribution in [2.24, 2.45) is 0 Å². The normalized spacial score (nSPS) is 13.8. The molecular formula is C20H23ClN2O3S. The van der Waals surface area contributed by atoms with Gasteiger partial charge in [-0.1, -0.05) is 29.8 Å². The van der Waals surface area contributed by atoms with Gasteiger partial charge in [-0.3, -0.25) is 4.79 Å². The number of fused-ring (bicyclic) bond motifs is 1. The summed E-state index contributed by atoms with van der Waals surface area (Å²) in [5.74, 6) is -0.219. The minimum Gasteiger partial charge on any atom is -0.352 e. The standard InChI is InChI=1S/C20H23ClN2O3S/c21-18-7-3-4-15(12-18)14-22-20(24)10-11-23-27(25,26)19-9-8-16-5-1-2-6-17(16)13-19/h3-4,7-9,12-13,23H,1-2,5-6,10-11,14H2,(H,22,24). The number of halogens is 1. The zero-order valence-corrected chi connectivity index (χ0v) is 16.6. The lowest BCUT2D eigenvalue weighted by Crippen LogP contribution is -2.30. The number of carbonyl (C=O) groups excluding carboxylic acids is 1. The number of amides is 1. The maximum absolute atomic E-state index is 12.5. The monoisotopic (exact) mass is 406 g/mol. The molecule has 2 N–H and O–H groups in total. The molecular weight excluding hydrogens is 384 g/mol. The molecule has 3 rings (SSSR count). The molecule has 0 atom stereocenters. The Balaban J connectivity index is 1.49. The molecule has 0 spiro atoms. The number of aryl methyl sites for hydroxylation is 2. The van der Waals surface area contributed by atoms with Crippen molar-refractivity contribution in [3.63, 3.8) is 0 Å². The van der Waals surface area contributed by atoms with E-state index in [0.717, 1.165) is 36.8 Å². The third-order valence-electron chi connectivity index (χ3n) is 4.65. The van der Waals surface area contributed by atoms with E-state index in [0.29, 0.717) is 11.6 Å². The second-order valence-electron chi connectivity index (χ2n) is 6.69. The molecule has 0 fully saturated rings. The Morgan fingerprint density at radius 3 is 2.59 bits per heavy atom. The van der Waals surface area contributed by atoms with Crippen LogP contribution in [0.5, 0.6) is 0 Å². The first kappa shape index (κ1) is 19.9. The highest BCUT2D eigenvalue weighted by molar-refractivity contribution is 7.89. The van der Waals surface area contributed by atoms with Crippen LogP contribution in [-0.4, -0.2) is 20.9 Å². The van der Waals surface area contributed by atoms with Gasteiger partial charge in [0.05, 0.1) is 4.90 Å². The molecule has 5 nitrogen and oxygen atoms in total. The van der Waals surface area contributed by atoms with Gasteiger partial charge in [0.25, 0.3) is 0 Å². The van der Waals surface area contributed by atoms with Crippen LogP contribution in [0.1, 0.15) is 36.0 Å². The summed E-state index contributed by atoms with van der Waals surface area (Å²) in [5.41, 5.74) is 3.24. The topological polar surface area (TPSA) is 75.3 Å². The van der Waals surface area contributed by atoms with Crippen molar-refractivity contribution in [3.8, 4) is 0 Å². The number of nitrogens with one attached hydrogen (secondary N) is 2. The van der Waals surface area contributed by atoms with Crippen molar-refractivity contribution >= 4 is 27.5 Å². The van der Waals surface area contributed by atoms with E-state index in [2.05, 4.69) is 10.0 Å². The minimum atomic E-state index is -3.61. The average molecular weight is 407 g/mol. The van der Waals surface area contributed by atoms with Crippen LogP contribution in [0.2, 0.25) is 5.02 Å². The highest BCUT2D eigenvalue weighted by Gasteiger charge is 2.17. The van der Waals surface area contributed by atoms with Crippen LogP contribution in [0.15, 0.2) is 47.4 Å². The van der Waals surface area contributed by atoms with E-state index >= 15 is 0 Å². The molecule has 0 saturated heterocycles. The van der Waals surface area contributed by atoms with Gasteiger partial charge in [0.15, 0.2) is 0 Å². The first-order valence-corrected chi connectivity index (χ1v) is 10.9. The van der Waals surface area contributed by atoms with E-state index in [1.54, 1.807) is 24.3 Å². The Morgan fingerprint density at radius 1 is 1.04 bits per heavy atom. The van der Waals surface area contributed by atoms with Crippen LogP contribution in [0.4, 0.5) is 0 Å². The summed E-state index contributed by atoms with van der Waals surface area (Å²) in [6.07, 6.45) is 4.25. The summed E-state index contributed by atoms with van der Waals surface area (Å²) < 4.78 is 27.4. The van der Waals surface area contributed by atoms with E-state index < -0.39 is 10.0 Å². The van der Waals surface area contributed by atoms with Crippen LogP contribution in [-0.2, 0) is 34.2 Å². The summed E-state index contributed by atoms with van der Waals surface area (Å²) in [6.45, 7) is 0.414. The maximum Gasteiger partial charge on any atom is 0.240 e. The molecule has 0 aromatic heterocycles. The van der Waals surface area contributed by atoms with Crippen LogP contribution in [0.25, 0.3) is 0 Å². The van der Waals surface area contributed by atoms with E-state index in [1.165, 1.54) is 5.56 Å². The van der Waals surface area contributed by atoms with E-state index in [9.17, 15) is 13.2 Å². The van der Waals surface area contributed by atoms with Gasteiger partial charge >= 0.3 is 0 Å². The van der Waals surface area contributed by atoms with Crippen molar-refractivity contribution in [2.45, 2.75) is 43.5 Å². The first-order chi connectivity index (χ1) is 12.9. The SMILES string of the molecule is O=C(CCNS(=O)(=O)c1ccc2c(c1)CCCC2)NCc1cccc(Cl)c1. The van der Waals surface area contributed by atoms with Crippen molar-refractivity contribution in [3.05, 3.63) is 64.2 Å². The van der Waals surface area contributed by atoms with E-state index in [-0.39, 0.29) is 23.8 Å². The highest BCUT2D eigenvalue weighted by atomic mass is 35.5. The second-order valence-corrected chi connectivity index (χ2v) is 8.90. The summed E-state index contributed by atoms with van der Waals surface area (Å²) in [6, 6.07) is 12.5. The molecule has 144 valence electrons. The summed E-state index contributed by atoms with van der Waals surface area (Å²) in [5, 5.41) is 3.37. The Labute approximate surface area is 165 Å². The minimum absolute atomic E-state index is 0.0563. The van der Waals surface area contributed by atoms with Gasteiger partial charge in [-0.2, -0.15) is 0 Å². The second kappa shape index (κ2) is 8.87. The molecule has 2 aromatic rings. The summed E-state index contributed by atoms with van der Waals surface area (Å²) in [4.78, 5) is 12.2. The number of hydrogen-bond donors (Lipinski definition) is 2. The van der Waals surface area contributed by atoms with Gasteiger partial charge in [0.2, 0.25) is 15.9 Å². The number of rotatable bonds is 7. The fourth-order valence-electron chi connectivity index (χ4n) is 3.20. The third-order valence-corrected chi connectivity index (χ3v) is 6.35. The zero-order chi connectivity index (χ0) is 19.3. The molecule has 0 aliphatic heterocycles. The predicted octanol–water partition coefficient (Wildman–Crippen LogP) is 3.20. The van der Waals surface area contributed by atoms with Crippen LogP contribution in [0, 0.1) is 0 Å². The fraction of sp³-hybridized carbons (Fsp3) is 0.350. The highest BCUT2D eigenvalue weighted by Crippen LogP contribution is 2.24. The molecule has 0 radical (unpaired) electrons. The predicted molar refractivity (Wildman–Crippen MR) is 106 cm³/mol. The van der Waals surface area contributed by atoms with Gasteiger partial charge in [-0.25, -0.2) is 13.1 Å². The average Bonchev–Trinajstić information content (AvgIpc) is 2.66. The molecule has 0 unspecified atom stereocenters. The van der Waals surface area contributed by atoms with Gasteiger partial charge in [0, 0.05) is 24.5 Å². The molecule has 0 saturated carbocycles. The molecule has 1 aliphatic carbocycles. The Morgan fingerprint density at radius 2 is 1.81 bits per heavy atom. The zero-order valence-electron chi connectivity index (χ0n) is 15.0.